The van der Waals surface area contributed by atoms with E-state index >= 15 is 0 Å². The first-order valence-electron chi connectivity index (χ1n) is 5.92. The predicted octanol–water partition coefficient (Wildman–Crippen LogP) is 1.92. The van der Waals surface area contributed by atoms with Gasteiger partial charge in [-0.25, -0.2) is 13.1 Å². The van der Waals surface area contributed by atoms with Crippen LogP contribution in [0.3, 0.4) is 0 Å². The Kier molecular flexibility index (Phi) is 4.07. The fourth-order valence-corrected chi connectivity index (χ4v) is 4.73. The molecule has 0 spiro atoms. The summed E-state index contributed by atoms with van der Waals surface area (Å²) in [7, 11) is -2.14. The van der Waals surface area contributed by atoms with Crippen molar-refractivity contribution in [2.45, 2.75) is 35.9 Å². The molecule has 0 aliphatic heterocycles. The zero-order valence-electron chi connectivity index (χ0n) is 10.4. The average Bonchev–Trinajstić information content (AvgIpc) is 2.95. The van der Waals surface area contributed by atoms with Crippen molar-refractivity contribution in [2.24, 2.45) is 0 Å². The lowest BCUT2D eigenvalue weighted by Gasteiger charge is -2.10. The minimum atomic E-state index is -3.66. The first-order valence-corrected chi connectivity index (χ1v) is 8.22. The number of nitrogens with zero attached hydrogens (tertiary/aromatic N) is 1. The van der Waals surface area contributed by atoms with Crippen molar-refractivity contribution in [1.29, 1.82) is 0 Å². The summed E-state index contributed by atoms with van der Waals surface area (Å²) in [6.45, 7) is 0. The Balaban J connectivity index is 2.27. The highest BCUT2D eigenvalue weighted by atomic mass is 32.2. The summed E-state index contributed by atoms with van der Waals surface area (Å²) in [6.07, 6.45) is 3.68. The van der Waals surface area contributed by atoms with Gasteiger partial charge in [0.15, 0.2) is 5.00 Å². The molecule has 0 saturated heterocycles. The summed E-state index contributed by atoms with van der Waals surface area (Å²) < 4.78 is 26.9. The van der Waals surface area contributed by atoms with Crippen LogP contribution in [0.15, 0.2) is 10.3 Å². The van der Waals surface area contributed by atoms with Gasteiger partial charge in [-0.15, -0.1) is 0 Å². The van der Waals surface area contributed by atoms with Crippen LogP contribution < -0.4 is 10.0 Å². The Hall–Kier alpha value is -1.19. The highest BCUT2D eigenvalue weighted by molar-refractivity contribution is 7.91. The predicted molar refractivity (Wildman–Crippen MR) is 73.1 cm³/mol. The van der Waals surface area contributed by atoms with E-state index < -0.39 is 14.9 Å². The van der Waals surface area contributed by atoms with E-state index in [9.17, 15) is 18.5 Å². The molecule has 0 aromatic carbocycles. The maximum absolute atomic E-state index is 12.1. The number of nitrogens with one attached hydrogen (secondary N) is 2. The van der Waals surface area contributed by atoms with Crippen LogP contribution in [0.5, 0.6) is 0 Å². The summed E-state index contributed by atoms with van der Waals surface area (Å²) in [4.78, 5) is 10.2. The lowest BCUT2D eigenvalue weighted by atomic mass is 10.3. The third-order valence-corrected chi connectivity index (χ3v) is 6.19. The van der Waals surface area contributed by atoms with Gasteiger partial charge in [-0.3, -0.25) is 10.1 Å². The second-order valence-corrected chi connectivity index (χ2v) is 7.38. The molecule has 1 aliphatic carbocycles. The third kappa shape index (κ3) is 3.04. The van der Waals surface area contributed by atoms with Gasteiger partial charge in [-0.2, -0.15) is 0 Å². The molecule has 19 heavy (non-hydrogen) atoms. The van der Waals surface area contributed by atoms with E-state index in [4.69, 9.17) is 0 Å². The first-order chi connectivity index (χ1) is 8.94. The maximum atomic E-state index is 12.1. The maximum Gasteiger partial charge on any atom is 0.304 e. The Labute approximate surface area is 115 Å². The average molecular weight is 305 g/mol. The Morgan fingerprint density at radius 3 is 2.53 bits per heavy atom. The molecule has 106 valence electrons. The molecule has 7 nitrogen and oxygen atoms in total. The van der Waals surface area contributed by atoms with Gasteiger partial charge in [0, 0.05) is 19.2 Å². The highest BCUT2D eigenvalue weighted by Crippen LogP contribution is 2.36. The fraction of sp³-hybridized carbons (Fsp3) is 0.600. The van der Waals surface area contributed by atoms with Gasteiger partial charge in [-0.05, 0) is 12.8 Å². The third-order valence-electron chi connectivity index (χ3n) is 3.06. The monoisotopic (exact) mass is 305 g/mol. The molecule has 1 aromatic rings. The van der Waals surface area contributed by atoms with E-state index in [0.717, 1.165) is 43.1 Å². The smallest absolute Gasteiger partial charge is 0.304 e. The molecule has 1 saturated carbocycles. The molecular weight excluding hydrogens is 290 g/mol. The number of hydrogen-bond acceptors (Lipinski definition) is 6. The molecule has 1 aromatic heterocycles. The van der Waals surface area contributed by atoms with Gasteiger partial charge in [0.1, 0.15) is 4.21 Å². The second-order valence-electron chi connectivity index (χ2n) is 4.39. The van der Waals surface area contributed by atoms with Crippen LogP contribution in [0, 0.1) is 10.1 Å². The number of hydrogen-bond donors (Lipinski definition) is 2. The Morgan fingerprint density at radius 1 is 1.42 bits per heavy atom. The molecule has 0 radical (unpaired) electrons. The molecule has 1 heterocycles. The summed E-state index contributed by atoms with van der Waals surface area (Å²) in [6, 6.07) is 1.05. The molecule has 2 N–H and O–H groups in total. The van der Waals surface area contributed by atoms with Gasteiger partial charge in [0.25, 0.3) is 10.0 Å². The minimum absolute atomic E-state index is 0.0181. The van der Waals surface area contributed by atoms with Gasteiger partial charge in [0.2, 0.25) is 0 Å². The van der Waals surface area contributed by atoms with Crippen LogP contribution in [0.25, 0.3) is 0 Å². The van der Waals surface area contributed by atoms with E-state index in [1.807, 2.05) is 0 Å². The number of nitro groups is 1. The molecule has 0 amide bonds. The molecule has 1 fully saturated rings. The zero-order chi connectivity index (χ0) is 14.0. The topological polar surface area (TPSA) is 101 Å². The van der Waals surface area contributed by atoms with Crippen molar-refractivity contribution in [3.63, 3.8) is 0 Å². The molecule has 0 bridgehead atoms. The normalized spacial score (nSPS) is 16.7. The summed E-state index contributed by atoms with van der Waals surface area (Å²) >= 11 is 0.875. The van der Waals surface area contributed by atoms with Crippen LogP contribution in [0.1, 0.15) is 25.7 Å². The number of thiophene rings is 1. The largest absolute Gasteiger partial charge is 0.374 e. The molecule has 2 rings (SSSR count). The van der Waals surface area contributed by atoms with E-state index in [2.05, 4.69) is 10.0 Å². The number of rotatable bonds is 5. The van der Waals surface area contributed by atoms with Gasteiger partial charge >= 0.3 is 5.69 Å². The Morgan fingerprint density at radius 2 is 2.05 bits per heavy atom. The molecule has 9 heteroatoms. The molecule has 0 atom stereocenters. The van der Waals surface area contributed by atoms with Crippen LogP contribution in [-0.4, -0.2) is 26.4 Å². The van der Waals surface area contributed by atoms with E-state index in [1.54, 1.807) is 0 Å². The van der Waals surface area contributed by atoms with Crippen LogP contribution in [0.4, 0.5) is 10.7 Å². The van der Waals surface area contributed by atoms with Crippen LogP contribution >= 0.6 is 11.3 Å². The van der Waals surface area contributed by atoms with Crippen molar-refractivity contribution in [2.75, 3.05) is 12.4 Å². The van der Waals surface area contributed by atoms with Crippen molar-refractivity contribution < 1.29 is 13.3 Å². The van der Waals surface area contributed by atoms with E-state index in [0.29, 0.717) is 0 Å². The minimum Gasteiger partial charge on any atom is -0.374 e. The highest BCUT2D eigenvalue weighted by Gasteiger charge is 2.28. The number of sulfonamides is 1. The summed E-state index contributed by atoms with van der Waals surface area (Å²) in [5.41, 5.74) is -0.209. The van der Waals surface area contributed by atoms with Crippen molar-refractivity contribution >= 4 is 32.0 Å². The summed E-state index contributed by atoms with van der Waals surface area (Å²) in [5, 5.41) is 13.7. The van der Waals surface area contributed by atoms with Gasteiger partial charge < -0.3 is 5.32 Å². The van der Waals surface area contributed by atoms with E-state index in [1.165, 1.54) is 7.05 Å². The van der Waals surface area contributed by atoms with Crippen LogP contribution in [0.2, 0.25) is 0 Å². The number of anilines is 1. The molecule has 0 unspecified atom stereocenters. The van der Waals surface area contributed by atoms with Crippen LogP contribution in [-0.2, 0) is 10.0 Å². The first kappa shape index (κ1) is 14.2. The van der Waals surface area contributed by atoms with Crippen molar-refractivity contribution in [1.82, 2.24) is 4.72 Å². The second kappa shape index (κ2) is 5.43. The molecule has 1 aliphatic rings. The van der Waals surface area contributed by atoms with E-state index in [-0.39, 0.29) is 20.9 Å². The van der Waals surface area contributed by atoms with Crippen molar-refractivity contribution in [3.05, 3.63) is 16.2 Å². The van der Waals surface area contributed by atoms with Crippen molar-refractivity contribution in [3.8, 4) is 0 Å². The SMILES string of the molecule is CNc1sc(S(=O)(=O)NC2CCCC2)cc1[N+](=O)[O-]. The molecular formula is C10H15N3O4S2. The lowest BCUT2D eigenvalue weighted by Crippen LogP contribution is -2.32. The Bertz CT molecular complexity index is 576. The summed E-state index contributed by atoms with van der Waals surface area (Å²) in [5.74, 6) is 0. The standard InChI is InChI=1S/C10H15N3O4S2/c1-11-10-8(13(14)15)6-9(18-10)19(16,17)12-7-4-2-3-5-7/h6-7,11-12H,2-5H2,1H3. The van der Waals surface area contributed by atoms with Gasteiger partial charge in [-0.1, -0.05) is 24.2 Å². The quantitative estimate of drug-likeness (QED) is 0.639. The lowest BCUT2D eigenvalue weighted by molar-refractivity contribution is -0.383. The zero-order valence-corrected chi connectivity index (χ0v) is 12.0. The van der Waals surface area contributed by atoms with Gasteiger partial charge in [0.05, 0.1) is 4.92 Å². The fourth-order valence-electron chi connectivity index (χ4n) is 2.13.